The van der Waals surface area contributed by atoms with Gasteiger partial charge >= 0.3 is 0 Å². The average Bonchev–Trinajstić information content (AvgIpc) is 3.86. The van der Waals surface area contributed by atoms with E-state index in [9.17, 15) is 28.0 Å². The molecule has 6 rings (SSSR count). The molecule has 18 nitrogen and oxygen atoms in total. The van der Waals surface area contributed by atoms with E-state index < -0.39 is 41.4 Å². The van der Waals surface area contributed by atoms with Crippen molar-refractivity contribution in [2.75, 3.05) is 87.7 Å². The molecule has 0 saturated carbocycles. The first-order valence-corrected chi connectivity index (χ1v) is 20.3. The molecule has 5 heterocycles. The summed E-state index contributed by atoms with van der Waals surface area (Å²) in [6.45, 7) is 10.1. The highest BCUT2D eigenvalue weighted by atomic mass is 19.1. The highest BCUT2D eigenvalue weighted by Gasteiger charge is 2.37. The van der Waals surface area contributed by atoms with Crippen molar-refractivity contribution in [2.24, 2.45) is 11.7 Å². The van der Waals surface area contributed by atoms with Crippen molar-refractivity contribution in [3.8, 4) is 5.82 Å². The Bertz CT molecular complexity index is 2020. The second kappa shape index (κ2) is 20.0. The standard InChI is InChI=1S/C40H55F2N13O5/c1-4-25(2)37(50-38(58)32-8-6-10-54(32)36(57)21-45-35(56)19-43)39(59)46-24-60-31-22-53(23-31)33-18-34(49-40(44)48-33)55-26(3)27(20-47-55)7-5-9-51-11-13-52(14-12-51)30-16-28(41)15-29(42)17-30/h5,7,15-18,20,25,31-32,37H,4,6,8-14,19,21-24,43H2,1-3H3,(H,45,56)(H,46,59)(H,50,58)(H2,44,48,49)/b7-5+/t25?,32-,37-/m0/s1. The molecule has 1 aromatic carbocycles. The largest absolute Gasteiger partial charge is 0.369 e. The van der Waals surface area contributed by atoms with Crippen LogP contribution in [-0.4, -0.2) is 144 Å². The number of nitrogens with two attached hydrogens (primary N) is 2. The summed E-state index contributed by atoms with van der Waals surface area (Å²) in [4.78, 5) is 67.4. The van der Waals surface area contributed by atoms with Gasteiger partial charge in [0.05, 0.1) is 31.1 Å². The number of carbonyl (C=O) groups excluding carboxylic acids is 4. The van der Waals surface area contributed by atoms with E-state index in [0.717, 1.165) is 30.4 Å². The van der Waals surface area contributed by atoms with Gasteiger partial charge in [-0.2, -0.15) is 15.1 Å². The van der Waals surface area contributed by atoms with Crippen LogP contribution in [0, 0.1) is 24.5 Å². The van der Waals surface area contributed by atoms with Gasteiger partial charge < -0.3 is 46.9 Å². The smallest absolute Gasteiger partial charge is 0.244 e. The number of nitrogen functional groups attached to an aromatic ring is 1. The summed E-state index contributed by atoms with van der Waals surface area (Å²) >= 11 is 0. The van der Waals surface area contributed by atoms with Gasteiger partial charge in [0.2, 0.25) is 29.6 Å². The number of hydrogen-bond donors (Lipinski definition) is 5. The van der Waals surface area contributed by atoms with Gasteiger partial charge in [-0.1, -0.05) is 32.4 Å². The van der Waals surface area contributed by atoms with Crippen LogP contribution in [0.5, 0.6) is 0 Å². The molecule has 3 atom stereocenters. The first-order chi connectivity index (χ1) is 28.8. The molecule has 3 aromatic rings. The number of likely N-dealkylation sites (tertiary alicyclic amines) is 1. The molecule has 3 fully saturated rings. The summed E-state index contributed by atoms with van der Waals surface area (Å²) in [5.41, 5.74) is 13.8. The van der Waals surface area contributed by atoms with E-state index in [-0.39, 0.29) is 43.7 Å². The van der Waals surface area contributed by atoms with Gasteiger partial charge in [0.15, 0.2) is 5.82 Å². The monoisotopic (exact) mass is 835 g/mol. The molecule has 0 spiro atoms. The van der Waals surface area contributed by atoms with E-state index in [0.29, 0.717) is 75.9 Å². The summed E-state index contributed by atoms with van der Waals surface area (Å²) in [5, 5.41) is 12.6. The molecule has 3 aliphatic rings. The number of anilines is 3. The number of aromatic nitrogens is 4. The number of ether oxygens (including phenoxy) is 1. The normalized spacial score (nSPS) is 18.4. The van der Waals surface area contributed by atoms with Crippen LogP contribution in [-0.2, 0) is 23.9 Å². The van der Waals surface area contributed by atoms with Crippen molar-refractivity contribution in [3.63, 3.8) is 0 Å². The van der Waals surface area contributed by atoms with Crippen molar-refractivity contribution < 1.29 is 32.7 Å². The predicted octanol–water partition coefficient (Wildman–Crippen LogP) is 0.542. The zero-order valence-electron chi connectivity index (χ0n) is 34.3. The summed E-state index contributed by atoms with van der Waals surface area (Å²) in [6, 6.07) is 3.82. The number of benzene rings is 1. The number of rotatable bonds is 17. The number of amides is 4. The van der Waals surface area contributed by atoms with Crippen LogP contribution < -0.4 is 37.2 Å². The van der Waals surface area contributed by atoms with Crippen LogP contribution in [0.2, 0.25) is 0 Å². The van der Waals surface area contributed by atoms with Crippen molar-refractivity contribution in [1.82, 2.24) is 45.5 Å². The highest BCUT2D eigenvalue weighted by Crippen LogP contribution is 2.25. The maximum Gasteiger partial charge on any atom is 0.244 e. The van der Waals surface area contributed by atoms with E-state index in [4.69, 9.17) is 16.2 Å². The number of nitrogens with one attached hydrogen (secondary N) is 3. The van der Waals surface area contributed by atoms with Gasteiger partial charge in [0.1, 0.15) is 36.3 Å². The second-order valence-electron chi connectivity index (χ2n) is 15.3. The highest BCUT2D eigenvalue weighted by molar-refractivity contribution is 5.93. The Balaban J connectivity index is 0.956. The molecule has 3 saturated heterocycles. The van der Waals surface area contributed by atoms with Crippen molar-refractivity contribution in [1.29, 1.82) is 0 Å². The van der Waals surface area contributed by atoms with Crippen molar-refractivity contribution in [3.05, 3.63) is 59.4 Å². The van der Waals surface area contributed by atoms with Gasteiger partial charge in [-0.05, 0) is 37.8 Å². The zero-order valence-corrected chi connectivity index (χ0v) is 34.3. The number of carbonyl (C=O) groups is 4. The first kappa shape index (κ1) is 43.8. The van der Waals surface area contributed by atoms with E-state index in [1.807, 2.05) is 36.6 Å². The van der Waals surface area contributed by atoms with E-state index in [2.05, 4.69) is 42.0 Å². The summed E-state index contributed by atoms with van der Waals surface area (Å²) in [6.07, 6.45) is 7.34. The third-order valence-corrected chi connectivity index (χ3v) is 11.3. The molecule has 324 valence electrons. The third-order valence-electron chi connectivity index (χ3n) is 11.3. The van der Waals surface area contributed by atoms with Crippen LogP contribution in [0.15, 0.2) is 36.5 Å². The van der Waals surface area contributed by atoms with Crippen molar-refractivity contribution in [2.45, 2.75) is 58.2 Å². The number of halogens is 2. The predicted molar refractivity (Wildman–Crippen MR) is 221 cm³/mol. The Morgan fingerprint density at radius 1 is 0.983 bits per heavy atom. The van der Waals surface area contributed by atoms with Crippen LogP contribution in [0.3, 0.4) is 0 Å². The van der Waals surface area contributed by atoms with Gasteiger partial charge in [-0.15, -0.1) is 0 Å². The number of piperazine rings is 1. The molecule has 20 heteroatoms. The Kier molecular flexibility index (Phi) is 14.6. The lowest BCUT2D eigenvalue weighted by molar-refractivity contribution is -0.140. The molecule has 3 aliphatic heterocycles. The summed E-state index contributed by atoms with van der Waals surface area (Å²) < 4.78 is 35.0. The number of hydrogen-bond acceptors (Lipinski definition) is 13. The summed E-state index contributed by atoms with van der Waals surface area (Å²) in [5.74, 6) is -1.81. The summed E-state index contributed by atoms with van der Waals surface area (Å²) in [7, 11) is 0. The Hall–Kier alpha value is -5.73. The fourth-order valence-electron chi connectivity index (χ4n) is 7.47. The van der Waals surface area contributed by atoms with Crippen LogP contribution in [0.1, 0.15) is 44.4 Å². The van der Waals surface area contributed by atoms with Gasteiger partial charge in [0, 0.05) is 75.7 Å². The molecule has 7 N–H and O–H groups in total. The first-order valence-electron chi connectivity index (χ1n) is 20.3. The minimum atomic E-state index is -0.841. The van der Waals surface area contributed by atoms with Crippen LogP contribution in [0.25, 0.3) is 11.9 Å². The van der Waals surface area contributed by atoms with E-state index >= 15 is 0 Å². The lowest BCUT2D eigenvalue weighted by Crippen LogP contribution is -2.57. The Labute approximate surface area is 347 Å². The fourth-order valence-corrected chi connectivity index (χ4v) is 7.47. The average molecular weight is 836 g/mol. The molecule has 0 radical (unpaired) electrons. The fraction of sp³-hybridized carbons (Fsp3) is 0.525. The maximum atomic E-state index is 13.7. The lowest BCUT2D eigenvalue weighted by Gasteiger charge is -2.39. The zero-order chi connectivity index (χ0) is 42.9. The Morgan fingerprint density at radius 2 is 1.70 bits per heavy atom. The molecule has 60 heavy (non-hydrogen) atoms. The number of nitrogens with zero attached hydrogens (tertiary/aromatic N) is 8. The van der Waals surface area contributed by atoms with Gasteiger partial charge in [-0.3, -0.25) is 24.1 Å². The van der Waals surface area contributed by atoms with Crippen LogP contribution >= 0.6 is 0 Å². The van der Waals surface area contributed by atoms with Crippen LogP contribution in [0.4, 0.5) is 26.2 Å². The molecule has 0 bridgehead atoms. The third kappa shape index (κ3) is 10.9. The van der Waals surface area contributed by atoms with Gasteiger partial charge in [-0.25, -0.2) is 13.5 Å². The van der Waals surface area contributed by atoms with E-state index in [1.165, 1.54) is 17.0 Å². The molecule has 1 unspecified atom stereocenters. The van der Waals surface area contributed by atoms with Crippen molar-refractivity contribution >= 4 is 47.2 Å². The molecule has 0 aliphatic carbocycles. The molecule has 4 amide bonds. The topological polar surface area (TPSA) is 222 Å². The second-order valence-corrected chi connectivity index (χ2v) is 15.3. The minimum absolute atomic E-state index is 0.0681. The molecule has 2 aromatic heterocycles. The SMILES string of the molecule is CCC(C)[C@H](NC(=O)[C@@H]1CCCN1C(=O)CNC(=O)CN)C(=O)NCOC1CN(c2cc(-n3ncc(/C=C/CN4CCN(c5cc(F)cc(F)c5)CC4)c3C)nc(N)n2)C1. The Morgan fingerprint density at radius 3 is 2.40 bits per heavy atom. The quantitative estimate of drug-likeness (QED) is 0.117. The molecular formula is C40H55F2N13O5. The lowest BCUT2D eigenvalue weighted by atomic mass is 9.97. The molecular weight excluding hydrogens is 781 g/mol. The van der Waals surface area contributed by atoms with Gasteiger partial charge in [0.25, 0.3) is 0 Å². The minimum Gasteiger partial charge on any atom is -0.369 e. The maximum absolute atomic E-state index is 13.7. The van der Waals surface area contributed by atoms with E-state index in [1.54, 1.807) is 16.9 Å².